The van der Waals surface area contributed by atoms with E-state index in [4.69, 9.17) is 4.74 Å². The standard InChI is InChI=1S/C20H25N3O2/c1-4-17(14-16-10-6-5-7-11-16)22-23-20(24)15(2)21-18-12-8-9-13-19(18)25-3/h5-13,15,21H,4,14H2,1-3H3,(H,23,24). The minimum absolute atomic E-state index is 0.190. The Labute approximate surface area is 149 Å². The molecule has 132 valence electrons. The molecule has 5 nitrogen and oxygen atoms in total. The summed E-state index contributed by atoms with van der Waals surface area (Å²) in [4.78, 5) is 12.3. The third kappa shape index (κ3) is 5.64. The highest BCUT2D eigenvalue weighted by atomic mass is 16.5. The molecule has 0 radical (unpaired) electrons. The molecular weight excluding hydrogens is 314 g/mol. The number of carbonyl (C=O) groups is 1. The number of rotatable bonds is 8. The SMILES string of the molecule is CCC(Cc1ccccc1)=NNC(=O)C(C)Nc1ccccc1OC. The summed E-state index contributed by atoms with van der Waals surface area (Å²) >= 11 is 0. The second-order valence-corrected chi connectivity index (χ2v) is 5.74. The summed E-state index contributed by atoms with van der Waals surface area (Å²) in [6.07, 6.45) is 1.51. The van der Waals surface area contributed by atoms with Gasteiger partial charge in [-0.05, 0) is 31.0 Å². The average molecular weight is 339 g/mol. The largest absolute Gasteiger partial charge is 0.495 e. The molecule has 0 saturated heterocycles. The van der Waals surface area contributed by atoms with Crippen molar-refractivity contribution in [2.75, 3.05) is 12.4 Å². The summed E-state index contributed by atoms with van der Waals surface area (Å²) in [7, 11) is 1.60. The number of nitrogens with zero attached hydrogens (tertiary/aromatic N) is 1. The van der Waals surface area contributed by atoms with Crippen molar-refractivity contribution in [1.29, 1.82) is 0 Å². The first-order chi connectivity index (χ1) is 12.1. The summed E-state index contributed by atoms with van der Waals surface area (Å²) in [6, 6.07) is 17.2. The fraction of sp³-hybridized carbons (Fsp3) is 0.300. The smallest absolute Gasteiger partial charge is 0.262 e. The van der Waals surface area contributed by atoms with Gasteiger partial charge in [0.25, 0.3) is 5.91 Å². The number of carbonyl (C=O) groups excluding carboxylic acids is 1. The molecule has 0 aliphatic heterocycles. The van der Waals surface area contributed by atoms with Gasteiger partial charge < -0.3 is 10.1 Å². The lowest BCUT2D eigenvalue weighted by molar-refractivity contribution is -0.121. The molecule has 0 aliphatic carbocycles. The molecule has 5 heteroatoms. The van der Waals surface area contributed by atoms with Gasteiger partial charge in [-0.1, -0.05) is 49.4 Å². The van der Waals surface area contributed by atoms with Gasteiger partial charge in [-0.15, -0.1) is 0 Å². The van der Waals surface area contributed by atoms with Crippen LogP contribution in [0.4, 0.5) is 5.69 Å². The molecule has 0 heterocycles. The van der Waals surface area contributed by atoms with E-state index < -0.39 is 6.04 Å². The topological polar surface area (TPSA) is 62.7 Å². The van der Waals surface area contributed by atoms with Gasteiger partial charge in [-0.25, -0.2) is 5.43 Å². The Morgan fingerprint density at radius 2 is 1.80 bits per heavy atom. The Balaban J connectivity index is 1.95. The number of hydrogen-bond acceptors (Lipinski definition) is 4. The van der Waals surface area contributed by atoms with Crippen LogP contribution in [0.2, 0.25) is 0 Å². The van der Waals surface area contributed by atoms with Crippen LogP contribution in [0.5, 0.6) is 5.75 Å². The molecule has 2 rings (SSSR count). The lowest BCUT2D eigenvalue weighted by Crippen LogP contribution is -2.35. The predicted octanol–water partition coefficient (Wildman–Crippen LogP) is 3.62. The van der Waals surface area contributed by atoms with Crippen molar-refractivity contribution in [3.63, 3.8) is 0 Å². The number of anilines is 1. The van der Waals surface area contributed by atoms with Crippen LogP contribution < -0.4 is 15.5 Å². The van der Waals surface area contributed by atoms with Gasteiger partial charge >= 0.3 is 0 Å². The van der Waals surface area contributed by atoms with Crippen molar-refractivity contribution in [2.24, 2.45) is 5.10 Å². The molecule has 1 atom stereocenters. The van der Waals surface area contributed by atoms with E-state index in [1.54, 1.807) is 14.0 Å². The molecule has 1 unspecified atom stereocenters. The molecule has 25 heavy (non-hydrogen) atoms. The number of hydrogen-bond donors (Lipinski definition) is 2. The first kappa shape index (κ1) is 18.5. The highest BCUT2D eigenvalue weighted by Gasteiger charge is 2.14. The van der Waals surface area contributed by atoms with Gasteiger partial charge in [-0.3, -0.25) is 4.79 Å². The van der Waals surface area contributed by atoms with Crippen LogP contribution in [0.1, 0.15) is 25.8 Å². The first-order valence-corrected chi connectivity index (χ1v) is 8.42. The van der Waals surface area contributed by atoms with E-state index in [0.29, 0.717) is 5.75 Å². The van der Waals surface area contributed by atoms with Crippen molar-refractivity contribution >= 4 is 17.3 Å². The molecule has 1 amide bonds. The molecule has 0 saturated carbocycles. The molecule has 0 fully saturated rings. The summed E-state index contributed by atoms with van der Waals surface area (Å²) in [5.74, 6) is 0.508. The van der Waals surface area contributed by atoms with E-state index in [2.05, 4.69) is 28.0 Å². The quantitative estimate of drug-likeness (QED) is 0.570. The maximum Gasteiger partial charge on any atom is 0.262 e. The van der Waals surface area contributed by atoms with Crippen LogP contribution in [-0.2, 0) is 11.2 Å². The molecule has 0 bridgehead atoms. The van der Waals surface area contributed by atoms with Gasteiger partial charge in [0.15, 0.2) is 0 Å². The summed E-state index contributed by atoms with van der Waals surface area (Å²) in [5, 5.41) is 7.43. The van der Waals surface area contributed by atoms with E-state index in [1.807, 2.05) is 49.4 Å². The number of benzene rings is 2. The highest BCUT2D eigenvalue weighted by molar-refractivity contribution is 5.89. The average Bonchev–Trinajstić information content (AvgIpc) is 2.66. The molecular formula is C20H25N3O2. The Morgan fingerprint density at radius 3 is 2.48 bits per heavy atom. The summed E-state index contributed by atoms with van der Waals surface area (Å²) < 4.78 is 5.29. The van der Waals surface area contributed by atoms with Gasteiger partial charge in [0, 0.05) is 12.1 Å². The van der Waals surface area contributed by atoms with Gasteiger partial charge in [0.05, 0.1) is 12.8 Å². The lowest BCUT2D eigenvalue weighted by Gasteiger charge is -2.16. The Morgan fingerprint density at radius 1 is 1.12 bits per heavy atom. The molecule has 2 aromatic rings. The van der Waals surface area contributed by atoms with Crippen molar-refractivity contribution in [2.45, 2.75) is 32.7 Å². The maximum atomic E-state index is 12.3. The van der Waals surface area contributed by atoms with E-state index in [1.165, 1.54) is 5.56 Å². The van der Waals surface area contributed by atoms with E-state index in [9.17, 15) is 4.79 Å². The third-order valence-electron chi connectivity index (χ3n) is 3.86. The zero-order valence-electron chi connectivity index (χ0n) is 15.0. The molecule has 2 N–H and O–H groups in total. The monoisotopic (exact) mass is 339 g/mol. The molecule has 0 aromatic heterocycles. The van der Waals surface area contributed by atoms with Crippen LogP contribution in [0.15, 0.2) is 59.7 Å². The van der Waals surface area contributed by atoms with Gasteiger partial charge in [0.2, 0.25) is 0 Å². The van der Waals surface area contributed by atoms with Gasteiger partial charge in [0.1, 0.15) is 11.8 Å². The van der Waals surface area contributed by atoms with Gasteiger partial charge in [-0.2, -0.15) is 5.10 Å². The number of amides is 1. The summed E-state index contributed by atoms with van der Waals surface area (Å²) in [5.41, 5.74) is 5.54. The van der Waals surface area contributed by atoms with Crippen molar-refractivity contribution < 1.29 is 9.53 Å². The maximum absolute atomic E-state index is 12.3. The van der Waals surface area contributed by atoms with Crippen LogP contribution in [0.3, 0.4) is 0 Å². The zero-order valence-corrected chi connectivity index (χ0v) is 15.0. The lowest BCUT2D eigenvalue weighted by atomic mass is 10.1. The van der Waals surface area contributed by atoms with Crippen molar-refractivity contribution in [1.82, 2.24) is 5.43 Å². The molecule has 0 spiro atoms. The predicted molar refractivity (Wildman–Crippen MR) is 102 cm³/mol. The number of hydrazone groups is 1. The van der Waals surface area contributed by atoms with Crippen molar-refractivity contribution in [3.05, 3.63) is 60.2 Å². The number of para-hydroxylation sites is 2. The van der Waals surface area contributed by atoms with Crippen LogP contribution >= 0.6 is 0 Å². The van der Waals surface area contributed by atoms with Crippen molar-refractivity contribution in [3.8, 4) is 5.75 Å². The second kappa shape index (κ2) is 9.47. The summed E-state index contributed by atoms with van der Waals surface area (Å²) in [6.45, 7) is 3.82. The normalized spacial score (nSPS) is 12.4. The fourth-order valence-electron chi connectivity index (χ4n) is 2.37. The Kier molecular flexibility index (Phi) is 7.01. The number of methoxy groups -OCH3 is 1. The minimum atomic E-state index is -0.435. The van der Waals surface area contributed by atoms with Crippen LogP contribution in [0, 0.1) is 0 Å². The number of nitrogens with one attached hydrogen (secondary N) is 2. The van der Waals surface area contributed by atoms with E-state index in [0.717, 1.165) is 24.2 Å². The van der Waals surface area contributed by atoms with Crippen LogP contribution in [-0.4, -0.2) is 24.8 Å². The zero-order chi connectivity index (χ0) is 18.1. The minimum Gasteiger partial charge on any atom is -0.495 e. The number of ether oxygens (including phenoxy) is 1. The van der Waals surface area contributed by atoms with E-state index in [-0.39, 0.29) is 5.91 Å². The second-order valence-electron chi connectivity index (χ2n) is 5.74. The Bertz CT molecular complexity index is 714. The van der Waals surface area contributed by atoms with Crippen LogP contribution in [0.25, 0.3) is 0 Å². The first-order valence-electron chi connectivity index (χ1n) is 8.42. The third-order valence-corrected chi connectivity index (χ3v) is 3.86. The highest BCUT2D eigenvalue weighted by Crippen LogP contribution is 2.23. The molecule has 2 aromatic carbocycles. The fourth-order valence-corrected chi connectivity index (χ4v) is 2.37. The molecule has 0 aliphatic rings. The van der Waals surface area contributed by atoms with E-state index >= 15 is 0 Å². The Hall–Kier alpha value is -2.82.